The molecule has 0 bridgehead atoms. The minimum atomic E-state index is -0.685. The van der Waals surface area contributed by atoms with Crippen LogP contribution in [0.5, 0.6) is 0 Å². The first-order chi connectivity index (χ1) is 14.5. The Hall–Kier alpha value is -2.84. The molecule has 4 rings (SSSR count). The zero-order valence-corrected chi connectivity index (χ0v) is 17.9. The molecule has 7 nitrogen and oxygen atoms in total. The molecule has 3 heterocycles. The summed E-state index contributed by atoms with van der Waals surface area (Å²) in [5.74, 6) is -0.660. The highest BCUT2D eigenvalue weighted by Crippen LogP contribution is 2.23. The first-order valence-electron chi connectivity index (χ1n) is 9.65. The van der Waals surface area contributed by atoms with Crippen molar-refractivity contribution in [1.82, 2.24) is 20.1 Å². The molecule has 3 aromatic rings. The van der Waals surface area contributed by atoms with Crippen molar-refractivity contribution in [3.8, 4) is 0 Å². The normalized spacial score (nSPS) is 16.3. The highest BCUT2D eigenvalue weighted by molar-refractivity contribution is 7.16. The summed E-state index contributed by atoms with van der Waals surface area (Å²) < 4.78 is 0.655. The fourth-order valence-corrected chi connectivity index (χ4v) is 4.73. The van der Waals surface area contributed by atoms with Gasteiger partial charge < -0.3 is 15.2 Å². The zero-order valence-electron chi connectivity index (χ0n) is 16.4. The lowest BCUT2D eigenvalue weighted by molar-refractivity contribution is -0.137. The van der Waals surface area contributed by atoms with Gasteiger partial charge in [-0.25, -0.2) is 4.79 Å². The number of nitrogens with one attached hydrogen (secondary N) is 2. The van der Waals surface area contributed by atoms with E-state index in [0.29, 0.717) is 23.8 Å². The quantitative estimate of drug-likeness (QED) is 0.548. The van der Waals surface area contributed by atoms with Crippen LogP contribution in [0, 0.1) is 0 Å². The highest BCUT2D eigenvalue weighted by atomic mass is 35.5. The number of rotatable bonds is 7. The fourth-order valence-electron chi connectivity index (χ4n) is 3.62. The van der Waals surface area contributed by atoms with Crippen molar-refractivity contribution >= 4 is 51.7 Å². The van der Waals surface area contributed by atoms with E-state index >= 15 is 0 Å². The SMILES string of the molecule is CCN(Cc1ccc(Cl)s1)C(=O)CN1C(=O)NC(Cc2c[nH]c3ccccc23)C1=O. The molecule has 4 amide bonds. The number of benzene rings is 1. The van der Waals surface area contributed by atoms with E-state index in [0.717, 1.165) is 26.2 Å². The molecule has 0 aliphatic carbocycles. The van der Waals surface area contributed by atoms with Gasteiger partial charge in [0.15, 0.2) is 0 Å². The lowest BCUT2D eigenvalue weighted by atomic mass is 10.1. The number of likely N-dealkylation sites (N-methyl/N-ethyl adjacent to an activating group) is 1. The molecule has 30 heavy (non-hydrogen) atoms. The lowest BCUT2D eigenvalue weighted by Crippen LogP contribution is -2.43. The van der Waals surface area contributed by atoms with Gasteiger partial charge in [-0.1, -0.05) is 29.8 Å². The zero-order chi connectivity index (χ0) is 21.3. The number of thiophene rings is 1. The van der Waals surface area contributed by atoms with Gasteiger partial charge in [-0.2, -0.15) is 0 Å². The number of nitrogens with zero attached hydrogens (tertiary/aromatic N) is 2. The van der Waals surface area contributed by atoms with E-state index < -0.39 is 12.1 Å². The van der Waals surface area contributed by atoms with Crippen molar-refractivity contribution in [2.45, 2.75) is 25.9 Å². The van der Waals surface area contributed by atoms with Crippen molar-refractivity contribution in [1.29, 1.82) is 0 Å². The van der Waals surface area contributed by atoms with Crippen LogP contribution in [0.25, 0.3) is 10.9 Å². The summed E-state index contributed by atoms with van der Waals surface area (Å²) in [5.41, 5.74) is 1.92. The van der Waals surface area contributed by atoms with Gasteiger partial charge in [0.05, 0.1) is 10.9 Å². The number of aromatic amines is 1. The molecule has 2 aromatic heterocycles. The summed E-state index contributed by atoms with van der Waals surface area (Å²) in [6.07, 6.45) is 2.22. The Morgan fingerprint density at radius 1 is 1.23 bits per heavy atom. The average molecular weight is 445 g/mol. The summed E-state index contributed by atoms with van der Waals surface area (Å²) in [5, 5.41) is 3.72. The number of H-pyrrole nitrogens is 1. The second-order valence-corrected chi connectivity index (χ2v) is 8.90. The van der Waals surface area contributed by atoms with Crippen molar-refractivity contribution in [2.24, 2.45) is 0 Å². The summed E-state index contributed by atoms with van der Waals surface area (Å²) in [6, 6.07) is 10.2. The molecule has 2 N–H and O–H groups in total. The van der Waals surface area contributed by atoms with Gasteiger partial charge in [0.1, 0.15) is 12.6 Å². The molecule has 1 aliphatic rings. The number of aromatic nitrogens is 1. The van der Waals surface area contributed by atoms with E-state index in [-0.39, 0.29) is 18.4 Å². The fraction of sp³-hybridized carbons (Fsp3) is 0.286. The summed E-state index contributed by atoms with van der Waals surface area (Å²) in [4.78, 5) is 44.7. The topological polar surface area (TPSA) is 85.5 Å². The van der Waals surface area contributed by atoms with Crippen LogP contribution in [0.1, 0.15) is 17.4 Å². The molecule has 1 fully saturated rings. The van der Waals surface area contributed by atoms with E-state index in [1.54, 1.807) is 11.0 Å². The van der Waals surface area contributed by atoms with Crippen molar-refractivity contribution in [3.63, 3.8) is 0 Å². The van der Waals surface area contributed by atoms with E-state index in [1.165, 1.54) is 11.3 Å². The van der Waals surface area contributed by atoms with Gasteiger partial charge in [-0.15, -0.1) is 11.3 Å². The third kappa shape index (κ3) is 4.06. The molecular formula is C21H21ClN4O3S. The Bertz CT molecular complexity index is 1110. The van der Waals surface area contributed by atoms with Crippen LogP contribution in [0.4, 0.5) is 4.79 Å². The molecule has 0 spiro atoms. The monoisotopic (exact) mass is 444 g/mol. The van der Waals surface area contributed by atoms with Gasteiger partial charge in [0, 0.05) is 34.9 Å². The average Bonchev–Trinajstić information content (AvgIpc) is 3.41. The maximum absolute atomic E-state index is 12.8. The van der Waals surface area contributed by atoms with Gasteiger partial charge in [0.2, 0.25) is 5.91 Å². The van der Waals surface area contributed by atoms with Gasteiger partial charge in [0.25, 0.3) is 5.91 Å². The Kier molecular flexibility index (Phi) is 5.78. The number of urea groups is 1. The van der Waals surface area contributed by atoms with Crippen LogP contribution in [0.3, 0.4) is 0 Å². The third-order valence-electron chi connectivity index (χ3n) is 5.21. The number of hydrogen-bond donors (Lipinski definition) is 2. The largest absolute Gasteiger partial charge is 0.361 e. The summed E-state index contributed by atoms with van der Waals surface area (Å²) >= 11 is 7.36. The smallest absolute Gasteiger partial charge is 0.325 e. The molecule has 156 valence electrons. The summed E-state index contributed by atoms with van der Waals surface area (Å²) in [7, 11) is 0. The van der Waals surface area contributed by atoms with E-state index in [4.69, 9.17) is 11.6 Å². The maximum atomic E-state index is 12.8. The van der Waals surface area contributed by atoms with E-state index in [1.807, 2.05) is 43.5 Å². The number of hydrogen-bond acceptors (Lipinski definition) is 4. The number of fused-ring (bicyclic) bond motifs is 1. The number of amides is 4. The van der Waals surface area contributed by atoms with Crippen LogP contribution in [0.15, 0.2) is 42.6 Å². The molecule has 1 atom stereocenters. The van der Waals surface area contributed by atoms with Gasteiger partial charge >= 0.3 is 6.03 Å². The maximum Gasteiger partial charge on any atom is 0.325 e. The van der Waals surface area contributed by atoms with Crippen LogP contribution in [-0.2, 0) is 22.6 Å². The van der Waals surface area contributed by atoms with Crippen LogP contribution in [0.2, 0.25) is 4.34 Å². The molecule has 0 saturated carbocycles. The Labute approximate surface area is 182 Å². The Morgan fingerprint density at radius 3 is 2.77 bits per heavy atom. The van der Waals surface area contributed by atoms with Crippen molar-refractivity contribution in [3.05, 3.63) is 57.4 Å². The minimum Gasteiger partial charge on any atom is -0.361 e. The predicted molar refractivity (Wildman–Crippen MR) is 116 cm³/mol. The molecular weight excluding hydrogens is 424 g/mol. The van der Waals surface area contributed by atoms with Crippen LogP contribution in [-0.4, -0.2) is 51.8 Å². The van der Waals surface area contributed by atoms with E-state index in [2.05, 4.69) is 10.3 Å². The first-order valence-corrected chi connectivity index (χ1v) is 10.8. The molecule has 0 radical (unpaired) electrons. The molecule has 1 aromatic carbocycles. The summed E-state index contributed by atoms with van der Waals surface area (Å²) in [6.45, 7) is 2.45. The van der Waals surface area contributed by atoms with Crippen molar-refractivity contribution < 1.29 is 14.4 Å². The second kappa shape index (κ2) is 8.49. The second-order valence-electron chi connectivity index (χ2n) is 7.10. The number of carbonyl (C=O) groups is 3. The number of imide groups is 1. The minimum absolute atomic E-state index is 0.276. The van der Waals surface area contributed by atoms with Crippen LogP contribution < -0.4 is 5.32 Å². The van der Waals surface area contributed by atoms with Crippen molar-refractivity contribution in [2.75, 3.05) is 13.1 Å². The first kappa shape index (κ1) is 20.4. The highest BCUT2D eigenvalue weighted by Gasteiger charge is 2.39. The predicted octanol–water partition coefficient (Wildman–Crippen LogP) is 3.39. The Balaban J connectivity index is 1.42. The molecule has 1 unspecified atom stereocenters. The lowest BCUT2D eigenvalue weighted by Gasteiger charge is -2.22. The number of para-hydroxylation sites is 1. The molecule has 1 aliphatic heterocycles. The molecule has 9 heteroatoms. The Morgan fingerprint density at radius 2 is 2.03 bits per heavy atom. The number of halogens is 1. The third-order valence-corrected chi connectivity index (χ3v) is 6.43. The number of carbonyl (C=O) groups excluding carboxylic acids is 3. The molecule has 1 saturated heterocycles. The standard InChI is InChI=1S/C21H21ClN4O3S/c1-2-25(11-14-7-8-18(22)30-14)19(27)12-26-20(28)17(24-21(26)29)9-13-10-23-16-6-4-3-5-15(13)16/h3-8,10,17,23H,2,9,11-12H2,1H3,(H,24,29). The van der Waals surface area contributed by atoms with Gasteiger partial charge in [-0.3, -0.25) is 14.5 Å². The van der Waals surface area contributed by atoms with Crippen LogP contribution >= 0.6 is 22.9 Å². The van der Waals surface area contributed by atoms with E-state index in [9.17, 15) is 14.4 Å². The van der Waals surface area contributed by atoms with Gasteiger partial charge in [-0.05, 0) is 30.7 Å².